The zero-order chi connectivity index (χ0) is 25.6. The highest BCUT2D eigenvalue weighted by molar-refractivity contribution is 7.91. The molecule has 1 aromatic carbocycles. The van der Waals surface area contributed by atoms with Crippen molar-refractivity contribution in [2.45, 2.75) is 38.8 Å². The molecule has 0 saturated carbocycles. The van der Waals surface area contributed by atoms with Crippen LogP contribution in [0.3, 0.4) is 0 Å². The summed E-state index contributed by atoms with van der Waals surface area (Å²) in [6, 6.07) is 8.54. The Morgan fingerprint density at radius 3 is 2.34 bits per heavy atom. The van der Waals surface area contributed by atoms with Crippen LogP contribution in [0.5, 0.6) is 0 Å². The quantitative estimate of drug-likeness (QED) is 0.576. The summed E-state index contributed by atoms with van der Waals surface area (Å²) in [5, 5.41) is 0. The lowest BCUT2D eigenvalue weighted by Crippen LogP contribution is -2.58. The first-order valence-electron chi connectivity index (χ1n) is 12.3. The highest BCUT2D eigenvalue weighted by Gasteiger charge is 2.48. The van der Waals surface area contributed by atoms with Crippen LogP contribution in [0.1, 0.15) is 26.7 Å². The molecule has 4 saturated heterocycles. The molecule has 1 aromatic rings. The summed E-state index contributed by atoms with van der Waals surface area (Å²) in [6.45, 7) is 6.94. The number of amides is 2. The molecular formula is C24H38N4O5S2. The van der Waals surface area contributed by atoms with E-state index in [0.29, 0.717) is 13.1 Å². The van der Waals surface area contributed by atoms with Gasteiger partial charge in [-0.2, -0.15) is 0 Å². The van der Waals surface area contributed by atoms with E-state index >= 15 is 0 Å². The van der Waals surface area contributed by atoms with Gasteiger partial charge in [0.2, 0.25) is 0 Å². The molecule has 0 aliphatic carbocycles. The Balaban J connectivity index is 1.49. The SMILES string of the molecule is CN(CCS(C)(=O)=O)c1ccc(N2CC3CC(C)(C)C2CCN3C(=O)N2CCS(=O)(=O)CC2)cc1. The number of benzene rings is 1. The van der Waals surface area contributed by atoms with E-state index in [1.807, 2.05) is 29.0 Å². The van der Waals surface area contributed by atoms with Gasteiger partial charge in [-0.1, -0.05) is 13.8 Å². The summed E-state index contributed by atoms with van der Waals surface area (Å²) in [5.74, 6) is 0.201. The molecule has 2 unspecified atom stereocenters. The molecule has 0 radical (unpaired) electrons. The van der Waals surface area contributed by atoms with Crippen LogP contribution in [0.25, 0.3) is 0 Å². The normalized spacial score (nSPS) is 25.9. The summed E-state index contributed by atoms with van der Waals surface area (Å²) in [4.78, 5) is 21.5. The van der Waals surface area contributed by atoms with Crippen molar-refractivity contribution in [3.05, 3.63) is 24.3 Å². The molecule has 35 heavy (non-hydrogen) atoms. The van der Waals surface area contributed by atoms with Crippen molar-refractivity contribution in [1.29, 1.82) is 0 Å². The molecule has 4 aliphatic heterocycles. The average Bonchev–Trinajstić information content (AvgIpc) is 3.03. The Hall–Kier alpha value is -2.01. The highest BCUT2D eigenvalue weighted by Crippen LogP contribution is 2.44. The van der Waals surface area contributed by atoms with E-state index in [0.717, 1.165) is 30.8 Å². The zero-order valence-electron chi connectivity index (χ0n) is 21.2. The van der Waals surface area contributed by atoms with Gasteiger partial charge in [0.1, 0.15) is 9.84 Å². The molecule has 4 heterocycles. The number of carbonyl (C=O) groups excluding carboxylic acids is 1. The maximum Gasteiger partial charge on any atom is 0.320 e. The van der Waals surface area contributed by atoms with E-state index in [9.17, 15) is 21.6 Å². The molecule has 2 atom stereocenters. The Kier molecular flexibility index (Phi) is 7.04. The van der Waals surface area contributed by atoms with Gasteiger partial charge in [-0.15, -0.1) is 0 Å². The van der Waals surface area contributed by atoms with Crippen LogP contribution >= 0.6 is 0 Å². The summed E-state index contributed by atoms with van der Waals surface area (Å²) in [7, 11) is -4.16. The van der Waals surface area contributed by atoms with Gasteiger partial charge in [0.05, 0.1) is 23.3 Å². The van der Waals surface area contributed by atoms with E-state index in [-0.39, 0.29) is 53.9 Å². The van der Waals surface area contributed by atoms with Crippen molar-refractivity contribution in [1.82, 2.24) is 9.80 Å². The zero-order valence-corrected chi connectivity index (χ0v) is 22.8. The number of hydrogen-bond acceptors (Lipinski definition) is 7. The van der Waals surface area contributed by atoms with Gasteiger partial charge in [0, 0.05) is 63.4 Å². The standard InChI is InChI=1S/C24H38N4O5S2/c1-24(2)17-21-18-28(20-7-5-19(6-8-20)25(3)11-14-34(4,30)31)22(24)9-10-27(21)23(29)26-12-15-35(32,33)16-13-26/h5-8,21-22H,9-18H2,1-4H3. The van der Waals surface area contributed by atoms with Gasteiger partial charge < -0.3 is 19.6 Å². The fraction of sp³-hybridized carbons (Fsp3) is 0.708. The maximum atomic E-state index is 13.4. The van der Waals surface area contributed by atoms with Crippen LogP contribution in [-0.4, -0.2) is 108 Å². The lowest BCUT2D eigenvalue weighted by Gasteiger charge is -2.49. The molecular weight excluding hydrogens is 488 g/mol. The first kappa shape index (κ1) is 26.1. The highest BCUT2D eigenvalue weighted by atomic mass is 32.2. The number of anilines is 2. The second-order valence-electron chi connectivity index (χ2n) is 11.0. The predicted molar refractivity (Wildman–Crippen MR) is 140 cm³/mol. The van der Waals surface area contributed by atoms with E-state index in [4.69, 9.17) is 0 Å². The van der Waals surface area contributed by atoms with Crippen molar-refractivity contribution >= 4 is 37.1 Å². The molecule has 196 valence electrons. The van der Waals surface area contributed by atoms with Crippen molar-refractivity contribution in [2.75, 3.05) is 73.1 Å². The van der Waals surface area contributed by atoms with Crippen molar-refractivity contribution in [2.24, 2.45) is 5.41 Å². The van der Waals surface area contributed by atoms with Crippen molar-refractivity contribution in [3.8, 4) is 0 Å². The third kappa shape index (κ3) is 5.87. The summed E-state index contributed by atoms with van der Waals surface area (Å²) < 4.78 is 46.7. The second kappa shape index (κ2) is 9.46. The van der Waals surface area contributed by atoms with Gasteiger partial charge in [-0.05, 0) is 42.5 Å². The topological polar surface area (TPSA) is 98.3 Å². The largest absolute Gasteiger partial charge is 0.374 e. The smallest absolute Gasteiger partial charge is 0.320 e. The summed E-state index contributed by atoms with van der Waals surface area (Å²) >= 11 is 0. The molecule has 2 amide bonds. The molecule has 0 N–H and O–H groups in total. The number of nitrogens with zero attached hydrogens (tertiary/aromatic N) is 4. The molecule has 4 fully saturated rings. The Labute approximate surface area is 209 Å². The molecule has 5 rings (SSSR count). The van der Waals surface area contributed by atoms with Gasteiger partial charge >= 0.3 is 6.03 Å². The minimum atomic E-state index is -3.04. The van der Waals surface area contributed by atoms with E-state index < -0.39 is 19.7 Å². The van der Waals surface area contributed by atoms with Gasteiger partial charge in [-0.25, -0.2) is 21.6 Å². The first-order valence-corrected chi connectivity index (χ1v) is 16.2. The lowest BCUT2D eigenvalue weighted by molar-refractivity contribution is 0.122. The van der Waals surface area contributed by atoms with Gasteiger partial charge in [0.15, 0.2) is 9.84 Å². The van der Waals surface area contributed by atoms with E-state index in [2.05, 4.69) is 30.9 Å². The Bertz CT molecular complexity index is 1140. The van der Waals surface area contributed by atoms with Crippen LogP contribution in [0.4, 0.5) is 16.2 Å². The summed E-state index contributed by atoms with van der Waals surface area (Å²) in [5.41, 5.74) is 2.09. The van der Waals surface area contributed by atoms with Crippen molar-refractivity contribution < 1.29 is 21.6 Å². The average molecular weight is 527 g/mol. The van der Waals surface area contributed by atoms with Crippen molar-refractivity contribution in [3.63, 3.8) is 0 Å². The minimum Gasteiger partial charge on any atom is -0.374 e. The van der Waals surface area contributed by atoms with Gasteiger partial charge in [-0.3, -0.25) is 0 Å². The number of sulfone groups is 2. The lowest BCUT2D eigenvalue weighted by atomic mass is 9.74. The number of carbonyl (C=O) groups is 1. The molecule has 2 bridgehead atoms. The molecule has 4 aliphatic rings. The van der Waals surface area contributed by atoms with Crippen LogP contribution in [-0.2, 0) is 19.7 Å². The fourth-order valence-corrected chi connectivity index (χ4v) is 7.54. The maximum absolute atomic E-state index is 13.4. The summed E-state index contributed by atoms with van der Waals surface area (Å²) in [6.07, 6.45) is 3.02. The van der Waals surface area contributed by atoms with Crippen LogP contribution in [0.15, 0.2) is 24.3 Å². The molecule has 0 spiro atoms. The molecule has 9 nitrogen and oxygen atoms in total. The van der Waals surface area contributed by atoms with Crippen LogP contribution in [0, 0.1) is 5.41 Å². The number of urea groups is 1. The monoisotopic (exact) mass is 526 g/mol. The Morgan fingerprint density at radius 1 is 1.11 bits per heavy atom. The third-order valence-corrected chi connectivity index (χ3v) is 10.3. The second-order valence-corrected chi connectivity index (χ2v) is 15.5. The van der Waals surface area contributed by atoms with E-state index in [1.54, 1.807) is 4.90 Å². The number of piperidine rings is 1. The number of fused-ring (bicyclic) bond motifs is 4. The fourth-order valence-electron chi connectivity index (χ4n) is 5.74. The number of rotatable bonds is 5. The van der Waals surface area contributed by atoms with Crippen LogP contribution < -0.4 is 9.80 Å². The van der Waals surface area contributed by atoms with Gasteiger partial charge in [0.25, 0.3) is 0 Å². The number of hydrogen-bond donors (Lipinski definition) is 0. The molecule has 0 aromatic heterocycles. The Morgan fingerprint density at radius 2 is 1.74 bits per heavy atom. The van der Waals surface area contributed by atoms with E-state index in [1.165, 1.54) is 6.26 Å². The molecule has 11 heteroatoms. The van der Waals surface area contributed by atoms with Crippen LogP contribution in [0.2, 0.25) is 0 Å². The minimum absolute atomic E-state index is 0.0220. The first-order chi connectivity index (χ1) is 16.3. The predicted octanol–water partition coefficient (Wildman–Crippen LogP) is 1.70. The third-order valence-electron chi connectivity index (χ3n) is 7.81.